The molecule has 5 rings (SSSR count). The van der Waals surface area contributed by atoms with Crippen LogP contribution in [0.1, 0.15) is 22.3 Å². The van der Waals surface area contributed by atoms with Crippen molar-refractivity contribution in [2.45, 2.75) is 26.1 Å². The second kappa shape index (κ2) is 29.4. The second-order valence-corrected chi connectivity index (χ2v) is 16.7. The molecule has 1 aliphatic heterocycles. The molecule has 0 atom stereocenters. The zero-order chi connectivity index (χ0) is 50.8. The number of thioether (sulfide) groups is 1. The van der Waals surface area contributed by atoms with Crippen LogP contribution in [0.2, 0.25) is 0 Å². The molecule has 2 aromatic heterocycles. The number of likely N-dealkylation sites (N-methyl/N-ethyl adjacent to an activating group) is 1. The molecule has 380 valence electrons. The number of hydrogen-bond acceptors (Lipinski definition) is 16. The number of nitrogens with zero attached hydrogens (tertiary/aromatic N) is 3. The lowest BCUT2D eigenvalue weighted by Gasteiger charge is -2.26. The Kier molecular flexibility index (Phi) is 22.5. The zero-order valence-electron chi connectivity index (χ0n) is 39.7. The van der Waals surface area contributed by atoms with Crippen LogP contribution in [0.25, 0.3) is 0 Å². The zero-order valence-corrected chi connectivity index (χ0v) is 40.5. The highest BCUT2D eigenvalue weighted by atomic mass is 32.2. The average Bonchev–Trinajstić information content (AvgIpc) is 3.38. The number of methoxy groups -OCH3 is 2. The summed E-state index contributed by atoms with van der Waals surface area (Å²) in [5.41, 5.74) is 15.7. The predicted octanol–water partition coefficient (Wildman–Crippen LogP) is -0.789. The Labute approximate surface area is 414 Å². The topological polar surface area (TPSA) is 288 Å². The highest BCUT2D eigenvalue weighted by molar-refractivity contribution is 7.99. The third kappa shape index (κ3) is 19.0. The summed E-state index contributed by atoms with van der Waals surface area (Å²) in [7, 11) is 4.19. The van der Waals surface area contributed by atoms with Crippen LogP contribution in [0, 0.1) is 0 Å². The number of amides is 7. The van der Waals surface area contributed by atoms with Crippen molar-refractivity contribution in [1.82, 2.24) is 37.2 Å². The number of anilines is 4. The molecule has 0 saturated carbocycles. The summed E-state index contributed by atoms with van der Waals surface area (Å²) in [5, 5.41) is 13.3. The minimum absolute atomic E-state index is 0.0243. The Bertz CT molecular complexity index is 2460. The Balaban J connectivity index is 0.924. The van der Waals surface area contributed by atoms with E-state index in [1.165, 1.54) is 21.3 Å². The number of carbonyl (C=O) groups is 7. The summed E-state index contributed by atoms with van der Waals surface area (Å²) in [6.07, 6.45) is 7.53. The Hall–Kier alpha value is -7.58. The van der Waals surface area contributed by atoms with Gasteiger partial charge in [0.2, 0.25) is 13.1 Å². The minimum Gasteiger partial charge on any atom is -0.494 e. The van der Waals surface area contributed by atoms with Crippen molar-refractivity contribution in [2.24, 2.45) is 0 Å². The largest absolute Gasteiger partial charge is 0.494 e. The van der Waals surface area contributed by atoms with Gasteiger partial charge in [-0.15, -0.1) is 0 Å². The Morgan fingerprint density at radius 2 is 1.28 bits per heavy atom. The number of hydrazine groups is 2. The summed E-state index contributed by atoms with van der Waals surface area (Å²) in [4.78, 5) is 94.3. The monoisotopic (exact) mass is 1000 g/mol. The van der Waals surface area contributed by atoms with E-state index in [9.17, 15) is 33.6 Å². The van der Waals surface area contributed by atoms with Crippen LogP contribution in [0.4, 0.5) is 22.7 Å². The number of hydrogen-bond donors (Lipinski definition) is 10. The van der Waals surface area contributed by atoms with Gasteiger partial charge in [-0.25, -0.2) is 5.48 Å². The molecule has 1 saturated heterocycles. The fourth-order valence-electron chi connectivity index (χ4n) is 6.64. The molecular weight excluding hydrogens is 943 g/mol. The first kappa shape index (κ1) is 54.4. The van der Waals surface area contributed by atoms with Crippen molar-refractivity contribution in [3.63, 3.8) is 0 Å². The van der Waals surface area contributed by atoms with Crippen molar-refractivity contribution >= 4 is 75.9 Å². The molecule has 4 aromatic rings. The maximum Gasteiger partial charge on any atom is 0.327 e. The van der Waals surface area contributed by atoms with Crippen LogP contribution in [0.5, 0.6) is 11.5 Å². The van der Waals surface area contributed by atoms with E-state index in [0.717, 1.165) is 25.2 Å². The lowest BCUT2D eigenvalue weighted by molar-refractivity contribution is -0.684. The van der Waals surface area contributed by atoms with Gasteiger partial charge in [0, 0.05) is 92.5 Å². The van der Waals surface area contributed by atoms with Gasteiger partial charge in [-0.2, -0.15) is 20.9 Å². The van der Waals surface area contributed by atoms with Crippen molar-refractivity contribution in [3.8, 4) is 11.5 Å². The maximum atomic E-state index is 12.9. The van der Waals surface area contributed by atoms with E-state index in [1.807, 2.05) is 12.1 Å². The standard InChI is InChI=1S/C46H59N13O11S/c1-47-43(63)45(65)55-53-36-11-9-35(26-38(36)67-2)52-41(61)30-59-17-5-8-33(28-59)42(62)49-14-23-71-24-15-50-70-31-32-7-4-16-58(27-32)29-40(60)51-34-10-12-37(39(25-34)68-3)54-56-46(66)44(64)48-13-6-18-57-19-21-69-22-20-57/h4-5,7-12,16-17,25-28,50H,6,13-15,18-24,29-31H2,1-3H3,(H7-2,47,48,49,51,52,53,54,55,56,60,61,62,63,64,65,66)/p+2. The highest BCUT2D eigenvalue weighted by Crippen LogP contribution is 2.28. The number of rotatable bonds is 26. The summed E-state index contributed by atoms with van der Waals surface area (Å²) < 4.78 is 19.4. The Morgan fingerprint density at radius 1 is 0.690 bits per heavy atom. The first-order chi connectivity index (χ1) is 34.4. The molecule has 3 heterocycles. The van der Waals surface area contributed by atoms with Gasteiger partial charge >= 0.3 is 23.6 Å². The lowest BCUT2D eigenvalue weighted by atomic mass is 10.2. The summed E-state index contributed by atoms with van der Waals surface area (Å²) in [6.45, 7) is 5.45. The number of carbonyl (C=O) groups excluding carboxylic acids is 7. The van der Waals surface area contributed by atoms with E-state index >= 15 is 0 Å². The van der Waals surface area contributed by atoms with E-state index < -0.39 is 23.6 Å². The van der Waals surface area contributed by atoms with Crippen LogP contribution < -0.4 is 72.4 Å². The summed E-state index contributed by atoms with van der Waals surface area (Å²) >= 11 is 1.62. The average molecular weight is 1000 g/mol. The smallest absolute Gasteiger partial charge is 0.327 e. The molecule has 25 heteroatoms. The van der Waals surface area contributed by atoms with Crippen molar-refractivity contribution in [3.05, 3.63) is 96.6 Å². The molecule has 1 fully saturated rings. The molecule has 71 heavy (non-hydrogen) atoms. The third-order valence-corrected chi connectivity index (χ3v) is 11.2. The first-order valence-corrected chi connectivity index (χ1v) is 23.7. The number of nitrogens with one attached hydrogen (secondary N) is 10. The molecule has 0 aliphatic carbocycles. The minimum atomic E-state index is -0.893. The van der Waals surface area contributed by atoms with Crippen molar-refractivity contribution in [1.29, 1.82) is 0 Å². The van der Waals surface area contributed by atoms with Crippen LogP contribution in [-0.4, -0.2) is 132 Å². The number of hydroxylamine groups is 1. The quantitative estimate of drug-likeness (QED) is 0.0160. The molecule has 7 amide bonds. The van der Waals surface area contributed by atoms with E-state index in [-0.39, 0.29) is 37.4 Å². The van der Waals surface area contributed by atoms with Crippen LogP contribution in [-0.2, 0) is 58.0 Å². The van der Waals surface area contributed by atoms with E-state index in [1.54, 1.807) is 94.2 Å². The van der Waals surface area contributed by atoms with Gasteiger partial charge in [0.25, 0.3) is 17.7 Å². The molecule has 2 aromatic carbocycles. The number of morpholine rings is 1. The number of aromatic nitrogens is 2. The molecular formula is C46H61N13O11S+2. The molecule has 10 N–H and O–H groups in total. The van der Waals surface area contributed by atoms with Gasteiger partial charge in [-0.3, -0.25) is 65.0 Å². The van der Waals surface area contributed by atoms with Gasteiger partial charge in [0.05, 0.1) is 45.4 Å². The summed E-state index contributed by atoms with van der Waals surface area (Å²) in [5.74, 6) is -2.26. The SMILES string of the molecule is CNC(=O)C(=O)NNc1ccc(NC(=O)C[n+]2cccc(C(=O)NCCSCCNOCc3ccc[n+](CC(=O)Nc4ccc(NNC(=O)C(=O)NCCCN5CCOCC5)c(OC)c4)c3)c2)cc1OC. The van der Waals surface area contributed by atoms with Crippen LogP contribution in [0.15, 0.2) is 85.5 Å². The third-order valence-electron chi connectivity index (χ3n) is 10.2. The predicted molar refractivity (Wildman–Crippen MR) is 261 cm³/mol. The van der Waals surface area contributed by atoms with Gasteiger partial charge < -0.3 is 40.8 Å². The maximum absolute atomic E-state index is 12.9. The molecule has 0 bridgehead atoms. The Morgan fingerprint density at radius 3 is 1.90 bits per heavy atom. The molecule has 0 spiro atoms. The fraction of sp³-hybridized carbons (Fsp3) is 0.370. The van der Waals surface area contributed by atoms with Gasteiger partial charge in [0.1, 0.15) is 17.1 Å². The molecule has 0 radical (unpaired) electrons. The number of pyridine rings is 2. The van der Waals surface area contributed by atoms with Gasteiger partial charge in [-0.1, -0.05) is 0 Å². The van der Waals surface area contributed by atoms with Gasteiger partial charge in [0.15, 0.2) is 24.8 Å². The normalized spacial score (nSPS) is 12.1. The number of ether oxygens (including phenoxy) is 3. The van der Waals surface area contributed by atoms with Crippen LogP contribution in [0.3, 0.4) is 0 Å². The van der Waals surface area contributed by atoms with E-state index in [0.29, 0.717) is 90.6 Å². The van der Waals surface area contributed by atoms with Crippen molar-refractivity contribution < 1.29 is 61.7 Å². The molecule has 1 aliphatic rings. The highest BCUT2D eigenvalue weighted by Gasteiger charge is 2.19. The van der Waals surface area contributed by atoms with Crippen molar-refractivity contribution in [2.75, 3.05) is 107 Å². The molecule has 0 unspecified atom stereocenters. The first-order valence-electron chi connectivity index (χ1n) is 22.5. The lowest BCUT2D eigenvalue weighted by Crippen LogP contribution is -2.43. The summed E-state index contributed by atoms with van der Waals surface area (Å²) in [6, 6.07) is 16.5. The molecule has 24 nitrogen and oxygen atoms in total. The van der Waals surface area contributed by atoms with E-state index in [2.05, 4.69) is 58.7 Å². The number of benzene rings is 2. The van der Waals surface area contributed by atoms with Gasteiger partial charge in [-0.05, 0) is 49.4 Å². The van der Waals surface area contributed by atoms with Crippen LogP contribution >= 0.6 is 11.8 Å². The van der Waals surface area contributed by atoms with E-state index in [4.69, 9.17) is 19.0 Å². The fourth-order valence-corrected chi connectivity index (χ4v) is 7.32. The second-order valence-electron chi connectivity index (χ2n) is 15.4.